The van der Waals surface area contributed by atoms with Crippen LogP contribution >= 0.6 is 12.4 Å². The number of rotatable bonds is 4. The fourth-order valence-corrected chi connectivity index (χ4v) is 2.59. The minimum Gasteiger partial charge on any atom is -0.387 e. The molecular weight excluding hydrogens is 316 g/mol. The lowest BCUT2D eigenvalue weighted by atomic mass is 10.1. The Labute approximate surface area is 141 Å². The van der Waals surface area contributed by atoms with Gasteiger partial charge in [-0.1, -0.05) is 29.8 Å². The highest BCUT2D eigenvalue weighted by molar-refractivity contribution is 5.94. The SMILES string of the molecule is Cc1ccc(C(O)CNC(=O)c2n[nH]c3c2CNCC3)cc1.Cl. The van der Waals surface area contributed by atoms with Gasteiger partial charge < -0.3 is 15.7 Å². The van der Waals surface area contributed by atoms with E-state index in [2.05, 4.69) is 20.8 Å². The summed E-state index contributed by atoms with van der Waals surface area (Å²) < 4.78 is 0. The molecule has 1 aliphatic heterocycles. The van der Waals surface area contributed by atoms with Gasteiger partial charge in [0.15, 0.2) is 5.69 Å². The fourth-order valence-electron chi connectivity index (χ4n) is 2.59. The second-order valence-corrected chi connectivity index (χ2v) is 5.59. The monoisotopic (exact) mass is 336 g/mol. The van der Waals surface area contributed by atoms with Gasteiger partial charge in [0, 0.05) is 37.3 Å². The zero-order valence-corrected chi connectivity index (χ0v) is 13.7. The molecular formula is C16H21ClN4O2. The first kappa shape index (κ1) is 17.5. The maximum atomic E-state index is 12.2. The summed E-state index contributed by atoms with van der Waals surface area (Å²) in [5.41, 5.74) is 4.28. The van der Waals surface area contributed by atoms with Crippen LogP contribution in [0.5, 0.6) is 0 Å². The van der Waals surface area contributed by atoms with Gasteiger partial charge in [-0.2, -0.15) is 5.10 Å². The van der Waals surface area contributed by atoms with Crippen LogP contribution in [0.25, 0.3) is 0 Å². The second kappa shape index (κ2) is 7.59. The number of benzene rings is 1. The van der Waals surface area contributed by atoms with E-state index in [-0.39, 0.29) is 24.9 Å². The predicted molar refractivity (Wildman–Crippen MR) is 89.7 cm³/mol. The molecule has 0 radical (unpaired) electrons. The van der Waals surface area contributed by atoms with E-state index in [1.54, 1.807) is 0 Å². The van der Waals surface area contributed by atoms with Crippen molar-refractivity contribution in [2.45, 2.75) is 26.0 Å². The summed E-state index contributed by atoms with van der Waals surface area (Å²) in [4.78, 5) is 12.2. The fraction of sp³-hybridized carbons (Fsp3) is 0.375. The van der Waals surface area contributed by atoms with Crippen LogP contribution in [-0.4, -0.2) is 34.3 Å². The zero-order chi connectivity index (χ0) is 15.5. The Morgan fingerprint density at radius 2 is 2.13 bits per heavy atom. The number of carbonyl (C=O) groups excluding carboxylic acids is 1. The first-order valence-corrected chi connectivity index (χ1v) is 7.45. The molecule has 0 saturated carbocycles. The van der Waals surface area contributed by atoms with Gasteiger partial charge >= 0.3 is 0 Å². The van der Waals surface area contributed by atoms with Crippen molar-refractivity contribution >= 4 is 18.3 Å². The van der Waals surface area contributed by atoms with Gasteiger partial charge in [-0.15, -0.1) is 12.4 Å². The topological polar surface area (TPSA) is 90.0 Å². The van der Waals surface area contributed by atoms with Gasteiger partial charge in [-0.05, 0) is 12.5 Å². The van der Waals surface area contributed by atoms with Crippen molar-refractivity contribution in [3.63, 3.8) is 0 Å². The highest BCUT2D eigenvalue weighted by Crippen LogP contribution is 2.16. The van der Waals surface area contributed by atoms with Crippen LogP contribution in [-0.2, 0) is 13.0 Å². The Kier molecular flexibility index (Phi) is 5.76. The Bertz CT molecular complexity index is 669. The second-order valence-electron chi connectivity index (χ2n) is 5.59. The molecule has 2 heterocycles. The van der Waals surface area contributed by atoms with E-state index >= 15 is 0 Å². The van der Waals surface area contributed by atoms with Crippen molar-refractivity contribution < 1.29 is 9.90 Å². The standard InChI is InChI=1S/C16H20N4O2.ClH/c1-10-2-4-11(5-3-10)14(21)9-18-16(22)15-12-8-17-7-6-13(12)19-20-15;/h2-5,14,17,21H,6-9H2,1H3,(H,18,22)(H,19,20);1H. The maximum Gasteiger partial charge on any atom is 0.272 e. The molecule has 1 aromatic carbocycles. The van der Waals surface area contributed by atoms with Gasteiger partial charge in [-0.3, -0.25) is 9.89 Å². The highest BCUT2D eigenvalue weighted by atomic mass is 35.5. The molecule has 1 unspecified atom stereocenters. The van der Waals surface area contributed by atoms with Crippen molar-refractivity contribution in [2.24, 2.45) is 0 Å². The number of nitrogens with one attached hydrogen (secondary N) is 3. The lowest BCUT2D eigenvalue weighted by molar-refractivity contribution is 0.0910. The number of H-pyrrole nitrogens is 1. The van der Waals surface area contributed by atoms with Crippen LogP contribution in [0.4, 0.5) is 0 Å². The lowest BCUT2D eigenvalue weighted by Gasteiger charge is -2.14. The third-order valence-corrected chi connectivity index (χ3v) is 3.94. The summed E-state index contributed by atoms with van der Waals surface area (Å²) >= 11 is 0. The normalized spacial score (nSPS) is 14.5. The number of amides is 1. The average molecular weight is 337 g/mol. The van der Waals surface area contributed by atoms with E-state index < -0.39 is 6.10 Å². The minimum absolute atomic E-state index is 0. The van der Waals surface area contributed by atoms with Gasteiger partial charge in [0.1, 0.15) is 0 Å². The van der Waals surface area contributed by atoms with Gasteiger partial charge in [-0.25, -0.2) is 0 Å². The van der Waals surface area contributed by atoms with Crippen molar-refractivity contribution in [1.82, 2.24) is 20.8 Å². The summed E-state index contributed by atoms with van der Waals surface area (Å²) in [5, 5.41) is 23.1. The number of nitrogens with zero attached hydrogens (tertiary/aromatic N) is 1. The number of carbonyl (C=O) groups is 1. The van der Waals surface area contributed by atoms with Crippen LogP contribution in [0.2, 0.25) is 0 Å². The van der Waals surface area contributed by atoms with Crippen molar-refractivity contribution in [1.29, 1.82) is 0 Å². The smallest absolute Gasteiger partial charge is 0.272 e. The van der Waals surface area contributed by atoms with Crippen molar-refractivity contribution in [2.75, 3.05) is 13.1 Å². The van der Waals surface area contributed by atoms with E-state index in [1.807, 2.05) is 31.2 Å². The van der Waals surface area contributed by atoms with E-state index in [4.69, 9.17) is 0 Å². The van der Waals surface area contributed by atoms with E-state index in [0.717, 1.165) is 35.3 Å². The summed E-state index contributed by atoms with van der Waals surface area (Å²) in [6, 6.07) is 7.62. The summed E-state index contributed by atoms with van der Waals surface area (Å²) in [6.07, 6.45) is 0.124. The van der Waals surface area contributed by atoms with Crippen LogP contribution < -0.4 is 10.6 Å². The average Bonchev–Trinajstić information content (AvgIpc) is 2.97. The Morgan fingerprint density at radius 1 is 1.39 bits per heavy atom. The van der Waals surface area contributed by atoms with Crippen LogP contribution in [0.3, 0.4) is 0 Å². The molecule has 0 spiro atoms. The third-order valence-electron chi connectivity index (χ3n) is 3.94. The summed E-state index contributed by atoms with van der Waals surface area (Å²) in [7, 11) is 0. The van der Waals surface area contributed by atoms with Crippen LogP contribution in [0, 0.1) is 6.92 Å². The molecule has 0 saturated heterocycles. The number of aromatic amines is 1. The van der Waals surface area contributed by atoms with Crippen LogP contribution in [0.1, 0.15) is 39.0 Å². The Hall–Kier alpha value is -1.89. The summed E-state index contributed by atoms with van der Waals surface area (Å²) in [6.45, 7) is 3.70. The number of hydrogen-bond donors (Lipinski definition) is 4. The minimum atomic E-state index is -0.725. The molecule has 0 fully saturated rings. The zero-order valence-electron chi connectivity index (χ0n) is 12.9. The molecule has 124 valence electrons. The molecule has 0 aliphatic carbocycles. The predicted octanol–water partition coefficient (Wildman–Crippen LogP) is 1.25. The van der Waals surface area contributed by atoms with E-state index in [1.165, 1.54) is 0 Å². The first-order valence-electron chi connectivity index (χ1n) is 7.45. The maximum absolute atomic E-state index is 12.2. The number of fused-ring (bicyclic) bond motifs is 1. The van der Waals surface area contributed by atoms with Gasteiger partial charge in [0.25, 0.3) is 5.91 Å². The molecule has 3 rings (SSSR count). The molecule has 6 nitrogen and oxygen atoms in total. The molecule has 4 N–H and O–H groups in total. The summed E-state index contributed by atoms with van der Waals surface area (Å²) in [5.74, 6) is -0.257. The number of aliphatic hydroxyl groups excluding tert-OH is 1. The van der Waals surface area contributed by atoms with E-state index in [0.29, 0.717) is 12.2 Å². The number of halogens is 1. The molecule has 1 atom stereocenters. The number of aromatic nitrogens is 2. The highest BCUT2D eigenvalue weighted by Gasteiger charge is 2.21. The Balaban J connectivity index is 0.00000192. The molecule has 2 aromatic rings. The number of aliphatic hydroxyl groups is 1. The van der Waals surface area contributed by atoms with Crippen molar-refractivity contribution in [3.05, 3.63) is 52.3 Å². The molecule has 23 heavy (non-hydrogen) atoms. The van der Waals surface area contributed by atoms with Gasteiger partial charge in [0.2, 0.25) is 0 Å². The molecule has 1 aromatic heterocycles. The largest absolute Gasteiger partial charge is 0.387 e. The molecule has 1 amide bonds. The van der Waals surface area contributed by atoms with Crippen LogP contribution in [0.15, 0.2) is 24.3 Å². The first-order chi connectivity index (χ1) is 10.6. The van der Waals surface area contributed by atoms with Gasteiger partial charge in [0.05, 0.1) is 6.10 Å². The van der Waals surface area contributed by atoms with Crippen molar-refractivity contribution in [3.8, 4) is 0 Å². The molecule has 7 heteroatoms. The lowest BCUT2D eigenvalue weighted by Crippen LogP contribution is -2.31. The van der Waals surface area contributed by atoms with E-state index in [9.17, 15) is 9.90 Å². The number of aryl methyl sites for hydroxylation is 1. The third kappa shape index (κ3) is 3.90. The number of hydrogen-bond acceptors (Lipinski definition) is 4. The molecule has 1 aliphatic rings. The molecule has 0 bridgehead atoms. The Morgan fingerprint density at radius 3 is 2.87 bits per heavy atom. The quantitative estimate of drug-likeness (QED) is 0.676.